The van der Waals surface area contributed by atoms with E-state index >= 15 is 0 Å². The minimum atomic E-state index is 0.730. The number of hydrogen-bond acceptors (Lipinski definition) is 2. The van der Waals surface area contributed by atoms with Gasteiger partial charge in [0.2, 0.25) is 0 Å². The van der Waals surface area contributed by atoms with Crippen LogP contribution in [0.15, 0.2) is 16.6 Å². The molecule has 0 saturated carbocycles. The van der Waals surface area contributed by atoms with Crippen molar-refractivity contribution in [1.29, 1.82) is 0 Å². The number of pyridine rings is 1. The minimum absolute atomic E-state index is 0.730. The average molecular weight is 301 g/mol. The summed E-state index contributed by atoms with van der Waals surface area (Å²) >= 11 is 9.83. The number of methoxy groups -OCH3 is 1. The van der Waals surface area contributed by atoms with Crippen molar-refractivity contribution in [3.05, 3.63) is 32.9 Å². The van der Waals surface area contributed by atoms with Crippen LogP contribution in [-0.4, -0.2) is 12.1 Å². The van der Waals surface area contributed by atoms with Gasteiger partial charge in [-0.25, -0.2) is 4.98 Å². The Morgan fingerprint density at radius 1 is 1.31 bits per heavy atom. The monoisotopic (exact) mass is 299 g/mol. The van der Waals surface area contributed by atoms with Gasteiger partial charge in [-0.3, -0.25) is 0 Å². The second kappa shape index (κ2) is 4.22. The van der Waals surface area contributed by atoms with Crippen LogP contribution < -0.4 is 4.74 Å². The standard InChI is InChI=1S/C12H11BrClNO/c1-6-7(2)15-12-9(16-3)5-4-8(13)10(12)11(6)14/h4-5H,1-3H3. The van der Waals surface area contributed by atoms with Crippen molar-refractivity contribution in [3.63, 3.8) is 0 Å². The Kier molecular flexibility index (Phi) is 3.08. The molecule has 0 atom stereocenters. The molecule has 16 heavy (non-hydrogen) atoms. The summed E-state index contributed by atoms with van der Waals surface area (Å²) in [4.78, 5) is 4.53. The molecule has 0 amide bonds. The first-order valence-corrected chi connectivity index (χ1v) is 6.02. The van der Waals surface area contributed by atoms with E-state index in [9.17, 15) is 0 Å². The minimum Gasteiger partial charge on any atom is -0.494 e. The molecule has 0 bridgehead atoms. The van der Waals surface area contributed by atoms with Crippen molar-refractivity contribution >= 4 is 38.4 Å². The molecule has 0 aliphatic heterocycles. The highest BCUT2D eigenvalue weighted by atomic mass is 79.9. The highest BCUT2D eigenvalue weighted by Crippen LogP contribution is 2.37. The zero-order valence-corrected chi connectivity index (χ0v) is 11.6. The van der Waals surface area contributed by atoms with Gasteiger partial charge in [-0.05, 0) is 31.5 Å². The van der Waals surface area contributed by atoms with Gasteiger partial charge in [-0.15, -0.1) is 0 Å². The highest BCUT2D eigenvalue weighted by Gasteiger charge is 2.13. The van der Waals surface area contributed by atoms with Crippen LogP contribution in [0.25, 0.3) is 10.9 Å². The SMILES string of the molecule is COc1ccc(Br)c2c(Cl)c(C)c(C)nc12. The molecule has 2 rings (SSSR count). The van der Waals surface area contributed by atoms with Gasteiger partial charge in [0.15, 0.2) is 0 Å². The van der Waals surface area contributed by atoms with E-state index < -0.39 is 0 Å². The van der Waals surface area contributed by atoms with E-state index in [0.717, 1.165) is 37.4 Å². The zero-order chi connectivity index (χ0) is 11.9. The molecule has 1 aromatic heterocycles. The van der Waals surface area contributed by atoms with E-state index in [2.05, 4.69) is 20.9 Å². The number of aromatic nitrogens is 1. The van der Waals surface area contributed by atoms with Gasteiger partial charge in [0.25, 0.3) is 0 Å². The van der Waals surface area contributed by atoms with E-state index in [0.29, 0.717) is 0 Å². The third kappa shape index (κ3) is 1.68. The molecule has 0 saturated heterocycles. The number of halogens is 2. The van der Waals surface area contributed by atoms with Crippen LogP contribution in [0.3, 0.4) is 0 Å². The quantitative estimate of drug-likeness (QED) is 0.784. The third-order valence-electron chi connectivity index (χ3n) is 2.68. The molecule has 1 heterocycles. The lowest BCUT2D eigenvalue weighted by molar-refractivity contribution is 0.419. The van der Waals surface area contributed by atoms with E-state index in [-0.39, 0.29) is 0 Å². The first-order valence-electron chi connectivity index (χ1n) is 4.85. The molecular weight excluding hydrogens is 289 g/mol. The second-order valence-corrected chi connectivity index (χ2v) is 4.84. The Morgan fingerprint density at radius 3 is 2.62 bits per heavy atom. The molecule has 0 aliphatic carbocycles. The number of aryl methyl sites for hydroxylation is 1. The van der Waals surface area contributed by atoms with Crippen molar-refractivity contribution in [2.75, 3.05) is 7.11 Å². The lowest BCUT2D eigenvalue weighted by Gasteiger charge is -2.11. The summed E-state index contributed by atoms with van der Waals surface area (Å²) in [6, 6.07) is 3.80. The predicted octanol–water partition coefficient (Wildman–Crippen LogP) is 4.28. The van der Waals surface area contributed by atoms with Gasteiger partial charge in [-0.2, -0.15) is 0 Å². The summed E-state index contributed by atoms with van der Waals surface area (Å²) in [7, 11) is 1.63. The normalized spacial score (nSPS) is 10.8. The Balaban J connectivity index is 2.98. The summed E-state index contributed by atoms with van der Waals surface area (Å²) < 4.78 is 6.22. The van der Waals surface area contributed by atoms with Crippen molar-refractivity contribution in [3.8, 4) is 5.75 Å². The summed E-state index contributed by atoms with van der Waals surface area (Å²) in [5.41, 5.74) is 2.72. The van der Waals surface area contributed by atoms with E-state index in [1.807, 2.05) is 26.0 Å². The maximum atomic E-state index is 6.34. The molecule has 2 aromatic rings. The molecule has 0 aliphatic rings. The summed E-state index contributed by atoms with van der Waals surface area (Å²) in [5.74, 6) is 0.739. The largest absolute Gasteiger partial charge is 0.494 e. The number of nitrogens with zero attached hydrogens (tertiary/aromatic N) is 1. The van der Waals surface area contributed by atoms with Crippen molar-refractivity contribution < 1.29 is 4.74 Å². The third-order valence-corrected chi connectivity index (χ3v) is 3.81. The number of hydrogen-bond donors (Lipinski definition) is 0. The first kappa shape index (κ1) is 11.7. The van der Waals surface area contributed by atoms with E-state index in [4.69, 9.17) is 16.3 Å². The Hall–Kier alpha value is -0.800. The van der Waals surface area contributed by atoms with Crippen LogP contribution in [0.5, 0.6) is 5.75 Å². The highest BCUT2D eigenvalue weighted by molar-refractivity contribution is 9.10. The fourth-order valence-corrected chi connectivity index (χ4v) is 2.59. The van der Waals surface area contributed by atoms with Crippen LogP contribution in [0.2, 0.25) is 5.02 Å². The first-order chi connectivity index (χ1) is 7.56. The number of benzene rings is 1. The Labute approximate surface area is 108 Å². The lowest BCUT2D eigenvalue weighted by atomic mass is 10.1. The number of ether oxygens (including phenoxy) is 1. The summed E-state index contributed by atoms with van der Waals surface area (Å²) in [6.07, 6.45) is 0. The van der Waals surface area contributed by atoms with Crippen LogP contribution in [0, 0.1) is 13.8 Å². The molecule has 2 nitrogen and oxygen atoms in total. The second-order valence-electron chi connectivity index (χ2n) is 3.61. The van der Waals surface area contributed by atoms with Gasteiger partial charge in [0, 0.05) is 15.6 Å². The summed E-state index contributed by atoms with van der Waals surface area (Å²) in [6.45, 7) is 3.91. The molecule has 0 spiro atoms. The number of rotatable bonds is 1. The predicted molar refractivity (Wildman–Crippen MR) is 70.5 cm³/mol. The van der Waals surface area contributed by atoms with Crippen LogP contribution in [-0.2, 0) is 0 Å². The fourth-order valence-electron chi connectivity index (χ4n) is 1.63. The van der Waals surface area contributed by atoms with Crippen molar-refractivity contribution in [1.82, 2.24) is 4.98 Å². The molecule has 0 unspecified atom stereocenters. The van der Waals surface area contributed by atoms with Gasteiger partial charge in [0.05, 0.1) is 12.1 Å². The van der Waals surface area contributed by atoms with Gasteiger partial charge >= 0.3 is 0 Å². The Morgan fingerprint density at radius 2 is 2.00 bits per heavy atom. The maximum Gasteiger partial charge on any atom is 0.145 e. The van der Waals surface area contributed by atoms with E-state index in [1.165, 1.54) is 0 Å². The zero-order valence-electron chi connectivity index (χ0n) is 9.27. The van der Waals surface area contributed by atoms with Crippen LogP contribution in [0.1, 0.15) is 11.3 Å². The topological polar surface area (TPSA) is 22.1 Å². The van der Waals surface area contributed by atoms with Crippen LogP contribution in [0.4, 0.5) is 0 Å². The molecule has 84 valence electrons. The molecule has 0 radical (unpaired) electrons. The van der Waals surface area contributed by atoms with Crippen molar-refractivity contribution in [2.24, 2.45) is 0 Å². The van der Waals surface area contributed by atoms with Crippen LogP contribution >= 0.6 is 27.5 Å². The smallest absolute Gasteiger partial charge is 0.145 e. The lowest BCUT2D eigenvalue weighted by Crippen LogP contribution is -1.94. The van der Waals surface area contributed by atoms with Gasteiger partial charge in [0.1, 0.15) is 11.3 Å². The molecule has 0 fully saturated rings. The van der Waals surface area contributed by atoms with E-state index in [1.54, 1.807) is 7.11 Å². The molecule has 4 heteroatoms. The van der Waals surface area contributed by atoms with Crippen molar-refractivity contribution in [2.45, 2.75) is 13.8 Å². The number of fused-ring (bicyclic) bond motifs is 1. The van der Waals surface area contributed by atoms with Gasteiger partial charge in [-0.1, -0.05) is 27.5 Å². The fraction of sp³-hybridized carbons (Fsp3) is 0.250. The summed E-state index contributed by atoms with van der Waals surface area (Å²) in [5, 5.41) is 1.64. The van der Waals surface area contributed by atoms with Gasteiger partial charge < -0.3 is 4.74 Å². The Bertz CT molecular complexity index is 569. The average Bonchev–Trinajstić information content (AvgIpc) is 2.26. The maximum absolute atomic E-state index is 6.34. The molecule has 1 aromatic carbocycles. The molecule has 0 N–H and O–H groups in total. The molecular formula is C12H11BrClNO.